The van der Waals surface area contributed by atoms with Crippen LogP contribution >= 0.6 is 11.8 Å². The maximum atomic E-state index is 13.1. The van der Waals surface area contributed by atoms with Crippen molar-refractivity contribution in [3.8, 4) is 5.75 Å². The van der Waals surface area contributed by atoms with Crippen LogP contribution in [-0.4, -0.2) is 64.5 Å². The number of Topliss-reactive ketones (excluding diaryl/α,β-unsaturated/α-hetero) is 1. The average Bonchev–Trinajstić information content (AvgIpc) is 2.78. The van der Waals surface area contributed by atoms with Gasteiger partial charge in [-0.05, 0) is 68.3 Å². The van der Waals surface area contributed by atoms with Gasteiger partial charge in [0.15, 0.2) is 5.78 Å². The molecule has 0 amide bonds. The highest BCUT2D eigenvalue weighted by Gasteiger charge is 2.31. The molecule has 1 aromatic carbocycles. The third kappa shape index (κ3) is 6.27. The van der Waals surface area contributed by atoms with Crippen LogP contribution < -0.4 is 4.74 Å². The number of nitrogens with zero attached hydrogens (tertiary/aromatic N) is 2. The molecule has 1 aliphatic carbocycles. The lowest BCUT2D eigenvalue weighted by Crippen LogP contribution is -2.42. The summed E-state index contributed by atoms with van der Waals surface area (Å²) in [5.74, 6) is 1.55. The number of hydrogen-bond acceptors (Lipinski definition) is 6. The average molecular weight is 471 g/mol. The van der Waals surface area contributed by atoms with Crippen LogP contribution in [0.5, 0.6) is 5.75 Å². The third-order valence-corrected chi connectivity index (χ3v) is 8.58. The van der Waals surface area contributed by atoms with Crippen molar-refractivity contribution in [2.75, 3.05) is 32.5 Å². The van der Waals surface area contributed by atoms with Gasteiger partial charge in [-0.1, -0.05) is 6.42 Å². The van der Waals surface area contributed by atoms with E-state index in [4.69, 9.17) is 4.74 Å². The second-order valence-corrected chi connectivity index (χ2v) is 10.7. The summed E-state index contributed by atoms with van der Waals surface area (Å²) in [6.45, 7) is 2.86. The lowest BCUT2D eigenvalue weighted by Gasteiger charge is -2.38. The van der Waals surface area contributed by atoms with Gasteiger partial charge in [-0.2, -0.15) is 11.8 Å². The molecule has 0 unspecified atom stereocenters. The van der Waals surface area contributed by atoms with Crippen molar-refractivity contribution in [3.63, 3.8) is 0 Å². The van der Waals surface area contributed by atoms with Crippen molar-refractivity contribution >= 4 is 34.4 Å². The molecule has 1 N–H and O–H groups in total. The third-order valence-electron chi connectivity index (χ3n) is 7.22. The van der Waals surface area contributed by atoms with Crippen molar-refractivity contribution in [1.29, 1.82) is 0 Å². The van der Waals surface area contributed by atoms with Crippen molar-refractivity contribution < 1.29 is 19.4 Å². The zero-order chi connectivity index (χ0) is 23.2. The number of likely N-dealkylation sites (tertiary alicyclic amines) is 1. The number of methoxy groups -OCH3 is 1. The van der Waals surface area contributed by atoms with Gasteiger partial charge in [-0.25, -0.2) is 0 Å². The first kappa shape index (κ1) is 24.0. The number of carboxylic acids is 1. The number of carboxylic acid groups (broad SMARTS) is 1. The normalized spacial score (nSPS) is 21.6. The van der Waals surface area contributed by atoms with E-state index in [-0.39, 0.29) is 24.0 Å². The lowest BCUT2D eigenvalue weighted by molar-refractivity contribution is -0.139. The molecule has 2 heterocycles. The van der Waals surface area contributed by atoms with Crippen molar-refractivity contribution in [2.45, 2.75) is 50.2 Å². The van der Waals surface area contributed by atoms with E-state index in [1.54, 1.807) is 19.4 Å². The Hall–Kier alpha value is -2.12. The zero-order valence-electron chi connectivity index (χ0n) is 19.4. The van der Waals surface area contributed by atoms with E-state index in [9.17, 15) is 14.7 Å². The predicted octanol–water partition coefficient (Wildman–Crippen LogP) is 4.90. The maximum Gasteiger partial charge on any atom is 0.303 e. The van der Waals surface area contributed by atoms with E-state index >= 15 is 0 Å². The SMILES string of the molecule is COc1ccc2nccc(C(=O)CC[C@@H]3CCN(CCSC4CCC4)C[C@@H]3CC(=O)O)c2c1. The number of hydrogen-bond donors (Lipinski definition) is 1. The van der Waals surface area contributed by atoms with Crippen LogP contribution in [0, 0.1) is 11.8 Å². The molecular weight excluding hydrogens is 436 g/mol. The molecule has 2 fully saturated rings. The Morgan fingerprint density at radius 1 is 1.21 bits per heavy atom. The molecule has 2 atom stereocenters. The first-order valence-electron chi connectivity index (χ1n) is 12.0. The standard InChI is InChI=1S/C26H34N2O4S/c1-32-20-6-7-24-23(16-20)22(9-11-27-24)25(29)8-5-18-10-12-28(17-19(18)15-26(30)31)13-14-33-21-3-2-4-21/h6-7,9,11,16,18-19,21H,2-5,8,10,12-15,17H2,1H3,(H,30,31)/t18-,19+/m1/s1. The van der Waals surface area contributed by atoms with Crippen LogP contribution in [0.15, 0.2) is 30.5 Å². The lowest BCUT2D eigenvalue weighted by atomic mass is 9.79. The minimum absolute atomic E-state index is 0.0871. The van der Waals surface area contributed by atoms with Crippen molar-refractivity contribution in [3.05, 3.63) is 36.0 Å². The number of pyridine rings is 1. The maximum absolute atomic E-state index is 13.1. The second-order valence-electron chi connectivity index (χ2n) is 9.33. The number of ether oxygens (including phenoxy) is 1. The van der Waals surface area contributed by atoms with E-state index in [0.29, 0.717) is 17.7 Å². The number of ketones is 1. The molecule has 1 saturated heterocycles. The van der Waals surface area contributed by atoms with E-state index < -0.39 is 5.97 Å². The van der Waals surface area contributed by atoms with E-state index in [0.717, 1.165) is 54.4 Å². The Morgan fingerprint density at radius 2 is 2.06 bits per heavy atom. The fourth-order valence-electron chi connectivity index (χ4n) is 5.03. The van der Waals surface area contributed by atoms with Crippen LogP contribution in [-0.2, 0) is 4.79 Å². The summed E-state index contributed by atoms with van der Waals surface area (Å²) in [4.78, 5) is 31.5. The van der Waals surface area contributed by atoms with Gasteiger partial charge < -0.3 is 14.7 Å². The molecule has 2 aliphatic rings. The number of carbonyl (C=O) groups is 2. The Labute approximate surface area is 200 Å². The van der Waals surface area contributed by atoms with E-state index in [1.807, 2.05) is 18.2 Å². The summed E-state index contributed by atoms with van der Waals surface area (Å²) >= 11 is 2.07. The minimum atomic E-state index is -0.741. The summed E-state index contributed by atoms with van der Waals surface area (Å²) in [5, 5.41) is 11.1. The molecule has 33 heavy (non-hydrogen) atoms. The molecule has 1 saturated carbocycles. The molecule has 178 valence electrons. The van der Waals surface area contributed by atoms with Gasteiger partial charge in [0.05, 0.1) is 12.6 Å². The molecular formula is C26H34N2O4S. The number of aliphatic carboxylic acids is 1. The quantitative estimate of drug-likeness (QED) is 0.468. The molecule has 1 aromatic heterocycles. The molecule has 0 radical (unpaired) electrons. The summed E-state index contributed by atoms with van der Waals surface area (Å²) < 4.78 is 5.32. The van der Waals surface area contributed by atoms with Gasteiger partial charge in [0, 0.05) is 54.1 Å². The van der Waals surface area contributed by atoms with Crippen LogP contribution in [0.4, 0.5) is 0 Å². The second kappa shape index (κ2) is 11.3. The highest BCUT2D eigenvalue weighted by molar-refractivity contribution is 7.99. The smallest absolute Gasteiger partial charge is 0.303 e. The number of carbonyl (C=O) groups excluding carboxylic acids is 1. The zero-order valence-corrected chi connectivity index (χ0v) is 20.2. The summed E-state index contributed by atoms with van der Waals surface area (Å²) in [6.07, 6.45) is 8.04. The van der Waals surface area contributed by atoms with Gasteiger partial charge >= 0.3 is 5.97 Å². The van der Waals surface area contributed by atoms with Crippen molar-refractivity contribution in [2.24, 2.45) is 11.8 Å². The summed E-state index contributed by atoms with van der Waals surface area (Å²) in [7, 11) is 1.61. The molecule has 2 aromatic rings. The van der Waals surface area contributed by atoms with Crippen LogP contribution in [0.1, 0.15) is 55.3 Å². The number of rotatable bonds is 11. The number of fused-ring (bicyclic) bond motifs is 1. The van der Waals surface area contributed by atoms with Gasteiger partial charge in [0.2, 0.25) is 0 Å². The Balaban J connectivity index is 1.35. The molecule has 0 bridgehead atoms. The monoisotopic (exact) mass is 470 g/mol. The first-order chi connectivity index (χ1) is 16.0. The predicted molar refractivity (Wildman–Crippen MR) is 132 cm³/mol. The largest absolute Gasteiger partial charge is 0.497 e. The van der Waals surface area contributed by atoms with Gasteiger partial charge in [0.1, 0.15) is 5.75 Å². The van der Waals surface area contributed by atoms with Crippen LogP contribution in [0.25, 0.3) is 10.9 Å². The summed E-state index contributed by atoms with van der Waals surface area (Å²) in [6, 6.07) is 7.36. The molecule has 4 rings (SSSR count). The van der Waals surface area contributed by atoms with Gasteiger partial charge in [-0.3, -0.25) is 14.6 Å². The Kier molecular flexibility index (Phi) is 8.25. The molecule has 6 nitrogen and oxygen atoms in total. The highest BCUT2D eigenvalue weighted by Crippen LogP contribution is 2.33. The van der Waals surface area contributed by atoms with Gasteiger partial charge in [-0.15, -0.1) is 0 Å². The number of aromatic nitrogens is 1. The Morgan fingerprint density at radius 3 is 2.79 bits per heavy atom. The Bertz CT molecular complexity index is 978. The molecule has 0 spiro atoms. The summed E-state index contributed by atoms with van der Waals surface area (Å²) in [5.41, 5.74) is 1.44. The topological polar surface area (TPSA) is 79.7 Å². The number of piperidine rings is 1. The molecule has 7 heteroatoms. The van der Waals surface area contributed by atoms with E-state index in [2.05, 4.69) is 21.6 Å². The number of thioether (sulfide) groups is 1. The fraction of sp³-hybridized carbons (Fsp3) is 0.577. The van der Waals surface area contributed by atoms with Crippen LogP contribution in [0.2, 0.25) is 0 Å². The first-order valence-corrected chi connectivity index (χ1v) is 13.1. The van der Waals surface area contributed by atoms with Crippen molar-refractivity contribution in [1.82, 2.24) is 9.88 Å². The molecule has 1 aliphatic heterocycles. The fourth-order valence-corrected chi connectivity index (χ4v) is 6.39. The van der Waals surface area contributed by atoms with E-state index in [1.165, 1.54) is 19.3 Å². The highest BCUT2D eigenvalue weighted by atomic mass is 32.2. The number of benzene rings is 1. The minimum Gasteiger partial charge on any atom is -0.497 e. The van der Waals surface area contributed by atoms with Crippen LogP contribution in [0.3, 0.4) is 0 Å². The van der Waals surface area contributed by atoms with Gasteiger partial charge in [0.25, 0.3) is 0 Å².